The summed E-state index contributed by atoms with van der Waals surface area (Å²) in [5.74, 6) is -1.71. The Morgan fingerprint density at radius 3 is 2.81 bits per heavy atom. The molecule has 2 unspecified atom stereocenters. The number of nitrogens with one attached hydrogen (secondary N) is 2. The zero-order chi connectivity index (χ0) is 18.9. The molecular formula is C17H19BrN2O5S. The molecule has 0 radical (unpaired) electrons. The van der Waals surface area contributed by atoms with Crippen molar-refractivity contribution in [1.82, 2.24) is 10.3 Å². The van der Waals surface area contributed by atoms with E-state index in [1.54, 1.807) is 6.20 Å². The molecule has 1 aromatic heterocycles. The molecule has 3 rings (SSSR count). The lowest BCUT2D eigenvalue weighted by molar-refractivity contribution is -0.141. The number of H-pyrrole nitrogens is 1. The highest BCUT2D eigenvalue weighted by atomic mass is 79.9. The molecule has 2 aromatic rings. The van der Waals surface area contributed by atoms with Gasteiger partial charge in [-0.1, -0.05) is 22.0 Å². The van der Waals surface area contributed by atoms with Crippen molar-refractivity contribution in [1.29, 1.82) is 0 Å². The molecule has 3 N–H and O–H groups in total. The predicted molar refractivity (Wildman–Crippen MR) is 101 cm³/mol. The van der Waals surface area contributed by atoms with E-state index >= 15 is 0 Å². The maximum absolute atomic E-state index is 12.2. The SMILES string of the molecule is O=C(CC1CCS(=O)(=O)C1)NC(Cc1c[nH]c2cccc(Br)c12)C(=O)O. The highest BCUT2D eigenvalue weighted by molar-refractivity contribution is 9.10. The number of carbonyl (C=O) groups is 2. The fraction of sp³-hybridized carbons (Fsp3) is 0.412. The van der Waals surface area contributed by atoms with Gasteiger partial charge in [-0.15, -0.1) is 0 Å². The first-order valence-electron chi connectivity index (χ1n) is 8.22. The van der Waals surface area contributed by atoms with Crippen LogP contribution in [0.4, 0.5) is 0 Å². The molecule has 140 valence electrons. The minimum atomic E-state index is -3.06. The summed E-state index contributed by atoms with van der Waals surface area (Å²) in [6.07, 6.45) is 2.34. The zero-order valence-electron chi connectivity index (χ0n) is 13.9. The summed E-state index contributed by atoms with van der Waals surface area (Å²) in [7, 11) is -3.06. The quantitative estimate of drug-likeness (QED) is 0.631. The second-order valence-corrected chi connectivity index (χ2v) is 9.70. The smallest absolute Gasteiger partial charge is 0.326 e. The van der Waals surface area contributed by atoms with Crippen molar-refractivity contribution in [2.45, 2.75) is 25.3 Å². The van der Waals surface area contributed by atoms with Gasteiger partial charge in [0.15, 0.2) is 9.84 Å². The number of halogens is 1. The number of aromatic nitrogens is 1. The number of rotatable bonds is 6. The Kier molecular flexibility index (Phi) is 5.38. The summed E-state index contributed by atoms with van der Waals surface area (Å²) >= 11 is 3.46. The molecule has 1 aromatic carbocycles. The molecule has 1 aliphatic heterocycles. The topological polar surface area (TPSA) is 116 Å². The lowest BCUT2D eigenvalue weighted by atomic mass is 10.0. The minimum absolute atomic E-state index is 0.00640. The Bertz CT molecular complexity index is 953. The van der Waals surface area contributed by atoms with Crippen molar-refractivity contribution in [2.24, 2.45) is 5.92 Å². The number of fused-ring (bicyclic) bond motifs is 1. The van der Waals surface area contributed by atoms with Gasteiger partial charge in [0.2, 0.25) is 5.91 Å². The normalized spacial score (nSPS) is 20.1. The maximum atomic E-state index is 12.2. The Hall–Kier alpha value is -1.87. The molecule has 0 aliphatic carbocycles. The third-order valence-electron chi connectivity index (χ3n) is 4.59. The molecule has 9 heteroatoms. The van der Waals surface area contributed by atoms with Crippen molar-refractivity contribution >= 4 is 48.5 Å². The number of carbonyl (C=O) groups excluding carboxylic acids is 1. The van der Waals surface area contributed by atoms with E-state index < -0.39 is 27.8 Å². The van der Waals surface area contributed by atoms with Crippen LogP contribution in [0.2, 0.25) is 0 Å². The number of aromatic amines is 1. The second kappa shape index (κ2) is 7.40. The number of amides is 1. The van der Waals surface area contributed by atoms with Crippen molar-refractivity contribution in [3.63, 3.8) is 0 Å². The average molecular weight is 443 g/mol. The third kappa shape index (κ3) is 4.27. The van der Waals surface area contributed by atoms with Gasteiger partial charge >= 0.3 is 5.97 Å². The molecule has 0 bridgehead atoms. The van der Waals surface area contributed by atoms with Crippen LogP contribution in [0, 0.1) is 5.92 Å². The average Bonchev–Trinajstić information content (AvgIpc) is 3.10. The minimum Gasteiger partial charge on any atom is -0.480 e. The van der Waals surface area contributed by atoms with E-state index in [1.807, 2.05) is 18.2 Å². The fourth-order valence-corrected chi connectivity index (χ4v) is 5.82. The van der Waals surface area contributed by atoms with E-state index in [1.165, 1.54) is 0 Å². The summed E-state index contributed by atoms with van der Waals surface area (Å²) in [6, 6.07) is 4.55. The molecular weight excluding hydrogens is 424 g/mol. The van der Waals surface area contributed by atoms with E-state index in [0.717, 1.165) is 20.9 Å². The standard InChI is InChI=1S/C17H19BrN2O5S/c18-12-2-1-3-13-16(12)11(8-19-13)7-14(17(22)23)20-15(21)6-10-4-5-26(24,25)9-10/h1-3,8,10,14,19H,4-7,9H2,(H,20,21)(H,22,23). The Balaban J connectivity index is 1.69. The van der Waals surface area contributed by atoms with Gasteiger partial charge in [-0.3, -0.25) is 4.79 Å². The van der Waals surface area contributed by atoms with Crippen LogP contribution >= 0.6 is 15.9 Å². The summed E-state index contributed by atoms with van der Waals surface area (Å²) in [6.45, 7) is 0. The molecule has 26 heavy (non-hydrogen) atoms. The summed E-state index contributed by atoms with van der Waals surface area (Å²) in [4.78, 5) is 26.9. The number of hydrogen-bond donors (Lipinski definition) is 3. The highest BCUT2D eigenvalue weighted by Gasteiger charge is 2.30. The van der Waals surface area contributed by atoms with Crippen LogP contribution in [0.5, 0.6) is 0 Å². The number of sulfone groups is 1. The lowest BCUT2D eigenvalue weighted by Crippen LogP contribution is -2.42. The van der Waals surface area contributed by atoms with E-state index in [0.29, 0.717) is 6.42 Å². The van der Waals surface area contributed by atoms with Crippen LogP contribution in [0.25, 0.3) is 10.9 Å². The molecule has 1 aliphatic rings. The van der Waals surface area contributed by atoms with E-state index in [2.05, 4.69) is 26.2 Å². The van der Waals surface area contributed by atoms with E-state index in [9.17, 15) is 23.1 Å². The number of carboxylic acid groups (broad SMARTS) is 1. The molecule has 1 fully saturated rings. The van der Waals surface area contributed by atoms with Crippen LogP contribution in [0.1, 0.15) is 18.4 Å². The first-order valence-corrected chi connectivity index (χ1v) is 10.8. The second-order valence-electron chi connectivity index (χ2n) is 6.61. The van der Waals surface area contributed by atoms with E-state index in [-0.39, 0.29) is 30.3 Å². The van der Waals surface area contributed by atoms with Crippen molar-refractivity contribution in [3.8, 4) is 0 Å². The number of aliphatic carboxylic acids is 1. The van der Waals surface area contributed by atoms with Crippen LogP contribution in [-0.4, -0.2) is 47.9 Å². The van der Waals surface area contributed by atoms with Crippen molar-refractivity contribution in [3.05, 3.63) is 34.4 Å². The number of benzene rings is 1. The number of hydrogen-bond acceptors (Lipinski definition) is 4. The van der Waals surface area contributed by atoms with Crippen LogP contribution < -0.4 is 5.32 Å². The van der Waals surface area contributed by atoms with Crippen LogP contribution in [0.15, 0.2) is 28.9 Å². The predicted octanol–water partition coefficient (Wildman–Crippen LogP) is 1.87. The Morgan fingerprint density at radius 1 is 1.38 bits per heavy atom. The van der Waals surface area contributed by atoms with Crippen molar-refractivity contribution < 1.29 is 23.1 Å². The molecule has 1 amide bonds. The first kappa shape index (κ1) is 18.9. The molecule has 0 saturated carbocycles. The van der Waals surface area contributed by atoms with Gasteiger partial charge < -0.3 is 15.4 Å². The summed E-state index contributed by atoms with van der Waals surface area (Å²) in [5, 5.41) is 12.9. The van der Waals surface area contributed by atoms with Gasteiger partial charge in [0, 0.05) is 34.4 Å². The van der Waals surface area contributed by atoms with Gasteiger partial charge in [0.05, 0.1) is 11.5 Å². The van der Waals surface area contributed by atoms with Gasteiger partial charge in [-0.25, -0.2) is 13.2 Å². The number of carboxylic acids is 1. The highest BCUT2D eigenvalue weighted by Crippen LogP contribution is 2.28. The molecule has 1 saturated heterocycles. The van der Waals surface area contributed by atoms with Gasteiger partial charge in [-0.2, -0.15) is 0 Å². The maximum Gasteiger partial charge on any atom is 0.326 e. The molecule has 7 nitrogen and oxygen atoms in total. The monoisotopic (exact) mass is 442 g/mol. The molecule has 0 spiro atoms. The van der Waals surface area contributed by atoms with Gasteiger partial charge in [-0.05, 0) is 30.0 Å². The largest absolute Gasteiger partial charge is 0.480 e. The lowest BCUT2D eigenvalue weighted by Gasteiger charge is -2.16. The first-order chi connectivity index (χ1) is 12.2. The molecule has 2 heterocycles. The third-order valence-corrected chi connectivity index (χ3v) is 7.09. The Morgan fingerprint density at radius 2 is 2.15 bits per heavy atom. The van der Waals surface area contributed by atoms with Crippen LogP contribution in [-0.2, 0) is 25.8 Å². The zero-order valence-corrected chi connectivity index (χ0v) is 16.3. The van der Waals surface area contributed by atoms with Gasteiger partial charge in [0.25, 0.3) is 0 Å². The van der Waals surface area contributed by atoms with E-state index in [4.69, 9.17) is 0 Å². The summed E-state index contributed by atoms with van der Waals surface area (Å²) in [5.41, 5.74) is 1.66. The van der Waals surface area contributed by atoms with Crippen molar-refractivity contribution in [2.75, 3.05) is 11.5 Å². The molecule has 2 atom stereocenters. The summed E-state index contributed by atoms with van der Waals surface area (Å²) < 4.78 is 23.8. The Labute approximate surface area is 159 Å². The van der Waals surface area contributed by atoms with Crippen LogP contribution in [0.3, 0.4) is 0 Å². The van der Waals surface area contributed by atoms with Gasteiger partial charge in [0.1, 0.15) is 6.04 Å². The fourth-order valence-electron chi connectivity index (χ4n) is 3.34.